The Morgan fingerprint density at radius 2 is 1.64 bits per heavy atom. The Labute approximate surface area is 82.6 Å². The van der Waals surface area contributed by atoms with Crippen LogP contribution in [-0.2, 0) is 11.5 Å². The molecule has 0 heterocycles. The van der Waals surface area contributed by atoms with E-state index in [2.05, 4.69) is 12.1 Å². The average molecular weight is 181 g/mol. The molecule has 1 nitrogen and oxygen atoms in total. The Hall–Kier alpha value is -1.76. The standard InChI is InChI=1S/C13H9O/c14-13-7-3-6-11-10-5-2-1-4-9(10)8-12(11)13/h1-7H,8H2. The maximum atomic E-state index is 11.6. The van der Waals surface area contributed by atoms with E-state index in [4.69, 9.17) is 0 Å². The van der Waals surface area contributed by atoms with Crippen molar-refractivity contribution >= 4 is 0 Å². The largest absolute Gasteiger partial charge is 0.290 e. The summed E-state index contributed by atoms with van der Waals surface area (Å²) in [6.45, 7) is 0. The molecule has 0 saturated heterocycles. The highest BCUT2D eigenvalue weighted by atomic mass is 16.3. The van der Waals surface area contributed by atoms with Crippen molar-refractivity contribution in [1.82, 2.24) is 0 Å². The van der Waals surface area contributed by atoms with Gasteiger partial charge in [0.15, 0.2) is 5.75 Å². The van der Waals surface area contributed by atoms with Gasteiger partial charge < -0.3 is 0 Å². The quantitative estimate of drug-likeness (QED) is 0.506. The molecule has 1 aliphatic carbocycles. The number of rotatable bonds is 0. The molecule has 0 bridgehead atoms. The first-order valence-corrected chi connectivity index (χ1v) is 4.73. The highest BCUT2D eigenvalue weighted by Crippen LogP contribution is 2.40. The first-order chi connectivity index (χ1) is 6.86. The second kappa shape index (κ2) is 2.61. The van der Waals surface area contributed by atoms with Crippen LogP contribution in [0.3, 0.4) is 0 Å². The minimum absolute atomic E-state index is 0.165. The predicted molar refractivity (Wildman–Crippen MR) is 54.8 cm³/mol. The van der Waals surface area contributed by atoms with Crippen molar-refractivity contribution in [2.75, 3.05) is 0 Å². The van der Waals surface area contributed by atoms with E-state index in [0.29, 0.717) is 0 Å². The molecular formula is C13H9O. The van der Waals surface area contributed by atoms with Crippen molar-refractivity contribution in [3.8, 4) is 16.9 Å². The third kappa shape index (κ3) is 0.896. The van der Waals surface area contributed by atoms with Gasteiger partial charge in [-0.3, -0.25) is 5.11 Å². The molecule has 1 aliphatic rings. The fraction of sp³-hybridized carbons (Fsp3) is 0.0769. The molecule has 14 heavy (non-hydrogen) atoms. The molecule has 1 heteroatoms. The zero-order valence-electron chi connectivity index (χ0n) is 7.66. The Bertz CT molecular complexity index is 500. The molecule has 67 valence electrons. The summed E-state index contributed by atoms with van der Waals surface area (Å²) in [7, 11) is 0. The molecule has 0 atom stereocenters. The van der Waals surface area contributed by atoms with Crippen molar-refractivity contribution in [3.63, 3.8) is 0 Å². The third-order valence-corrected chi connectivity index (χ3v) is 2.81. The van der Waals surface area contributed by atoms with Gasteiger partial charge in [-0.15, -0.1) is 0 Å². The summed E-state index contributed by atoms with van der Waals surface area (Å²) >= 11 is 0. The zero-order chi connectivity index (χ0) is 9.54. The minimum atomic E-state index is 0.165. The van der Waals surface area contributed by atoms with Gasteiger partial charge in [-0.05, 0) is 22.8 Å². The lowest BCUT2D eigenvalue weighted by Gasteiger charge is -1.99. The first-order valence-electron chi connectivity index (χ1n) is 4.73. The number of hydrogen-bond acceptors (Lipinski definition) is 0. The molecule has 0 saturated carbocycles. The summed E-state index contributed by atoms with van der Waals surface area (Å²) in [5.41, 5.74) is 4.56. The highest BCUT2D eigenvalue weighted by Gasteiger charge is 2.20. The van der Waals surface area contributed by atoms with Crippen molar-refractivity contribution < 1.29 is 5.11 Å². The molecule has 0 fully saturated rings. The van der Waals surface area contributed by atoms with E-state index in [0.717, 1.165) is 17.5 Å². The van der Waals surface area contributed by atoms with Gasteiger partial charge in [-0.1, -0.05) is 36.4 Å². The third-order valence-electron chi connectivity index (χ3n) is 2.81. The van der Waals surface area contributed by atoms with E-state index < -0.39 is 0 Å². The van der Waals surface area contributed by atoms with Gasteiger partial charge in [0.25, 0.3) is 0 Å². The summed E-state index contributed by atoms with van der Waals surface area (Å²) in [5, 5.41) is 11.6. The number of hydrogen-bond donors (Lipinski definition) is 0. The van der Waals surface area contributed by atoms with Gasteiger partial charge in [0.05, 0.1) is 0 Å². The van der Waals surface area contributed by atoms with Gasteiger partial charge in [0.2, 0.25) is 0 Å². The van der Waals surface area contributed by atoms with Gasteiger partial charge in [0.1, 0.15) is 0 Å². The van der Waals surface area contributed by atoms with Crippen LogP contribution in [0.5, 0.6) is 5.75 Å². The molecule has 0 amide bonds. The van der Waals surface area contributed by atoms with E-state index in [1.54, 1.807) is 6.07 Å². The lowest BCUT2D eigenvalue weighted by atomic mass is 10.1. The summed E-state index contributed by atoms with van der Waals surface area (Å²) < 4.78 is 0. The Balaban J connectivity index is 2.33. The lowest BCUT2D eigenvalue weighted by molar-refractivity contribution is 0.351. The van der Waals surface area contributed by atoms with Crippen LogP contribution in [-0.4, -0.2) is 0 Å². The fourth-order valence-electron chi connectivity index (χ4n) is 2.13. The van der Waals surface area contributed by atoms with Crippen LogP contribution < -0.4 is 0 Å². The van der Waals surface area contributed by atoms with Crippen LogP contribution in [0, 0.1) is 0 Å². The van der Waals surface area contributed by atoms with E-state index in [9.17, 15) is 5.11 Å². The summed E-state index contributed by atoms with van der Waals surface area (Å²) in [6.07, 6.45) is 0.797. The minimum Gasteiger partial charge on any atom is -0.290 e. The van der Waals surface area contributed by atoms with Crippen molar-refractivity contribution in [1.29, 1.82) is 0 Å². The van der Waals surface area contributed by atoms with Gasteiger partial charge in [0, 0.05) is 12.0 Å². The van der Waals surface area contributed by atoms with Gasteiger partial charge >= 0.3 is 0 Å². The molecular weight excluding hydrogens is 172 g/mol. The van der Waals surface area contributed by atoms with Crippen LogP contribution in [0.2, 0.25) is 0 Å². The van der Waals surface area contributed by atoms with Crippen LogP contribution in [0.1, 0.15) is 11.1 Å². The molecule has 2 aromatic rings. The molecule has 0 spiro atoms. The smallest absolute Gasteiger partial charge is 0.182 e. The molecule has 1 radical (unpaired) electrons. The first kappa shape index (κ1) is 7.63. The molecule has 3 rings (SSSR count). The number of fused-ring (bicyclic) bond motifs is 3. The monoisotopic (exact) mass is 181 g/mol. The van der Waals surface area contributed by atoms with Crippen LogP contribution in [0.15, 0.2) is 42.5 Å². The molecule has 2 aromatic carbocycles. The highest BCUT2D eigenvalue weighted by molar-refractivity contribution is 5.78. The SMILES string of the molecule is [O]c1cccc2c1Cc1ccccc1-2. The summed E-state index contributed by atoms with van der Waals surface area (Å²) in [4.78, 5) is 0. The Morgan fingerprint density at radius 1 is 0.857 bits per heavy atom. The van der Waals surface area contributed by atoms with Crippen LogP contribution in [0.4, 0.5) is 0 Å². The summed E-state index contributed by atoms with van der Waals surface area (Å²) in [6, 6.07) is 13.7. The zero-order valence-corrected chi connectivity index (χ0v) is 7.66. The molecule has 0 aliphatic heterocycles. The lowest BCUT2D eigenvalue weighted by Crippen LogP contribution is -1.79. The average Bonchev–Trinajstić information content (AvgIpc) is 2.59. The molecule has 0 N–H and O–H groups in total. The Kier molecular flexibility index (Phi) is 1.42. The second-order valence-electron chi connectivity index (χ2n) is 3.62. The maximum absolute atomic E-state index is 11.6. The normalized spacial score (nSPS) is 12.3. The second-order valence-corrected chi connectivity index (χ2v) is 3.62. The van der Waals surface area contributed by atoms with E-state index in [1.165, 1.54) is 11.1 Å². The van der Waals surface area contributed by atoms with Gasteiger partial charge in [-0.25, -0.2) is 0 Å². The van der Waals surface area contributed by atoms with Crippen LogP contribution in [0.25, 0.3) is 11.1 Å². The topological polar surface area (TPSA) is 19.9 Å². The van der Waals surface area contributed by atoms with E-state index in [-0.39, 0.29) is 5.75 Å². The van der Waals surface area contributed by atoms with E-state index in [1.807, 2.05) is 24.3 Å². The van der Waals surface area contributed by atoms with Crippen molar-refractivity contribution in [3.05, 3.63) is 53.6 Å². The Morgan fingerprint density at radius 3 is 2.57 bits per heavy atom. The maximum Gasteiger partial charge on any atom is 0.182 e. The molecule has 0 aromatic heterocycles. The van der Waals surface area contributed by atoms with Gasteiger partial charge in [-0.2, -0.15) is 0 Å². The fourth-order valence-corrected chi connectivity index (χ4v) is 2.13. The predicted octanol–water partition coefficient (Wildman–Crippen LogP) is 3.40. The summed E-state index contributed by atoms with van der Waals surface area (Å²) in [5.74, 6) is 0.165. The van der Waals surface area contributed by atoms with Crippen LogP contribution >= 0.6 is 0 Å². The number of benzene rings is 2. The van der Waals surface area contributed by atoms with Crippen molar-refractivity contribution in [2.24, 2.45) is 0 Å². The van der Waals surface area contributed by atoms with Crippen molar-refractivity contribution in [2.45, 2.75) is 6.42 Å². The molecule has 0 unspecified atom stereocenters. The van der Waals surface area contributed by atoms with E-state index >= 15 is 0 Å².